The number of benzene rings is 3. The minimum absolute atomic E-state index is 0.103. The van der Waals surface area contributed by atoms with Gasteiger partial charge in [0.15, 0.2) is 0 Å². The number of para-hydroxylation sites is 1. The molecule has 3 rings (SSSR count). The topological polar surface area (TPSA) is 54.0 Å². The van der Waals surface area contributed by atoms with E-state index in [1.807, 2.05) is 54.6 Å². The highest BCUT2D eigenvalue weighted by Crippen LogP contribution is 2.39. The summed E-state index contributed by atoms with van der Waals surface area (Å²) in [6.07, 6.45) is 0. The van der Waals surface area contributed by atoms with Crippen LogP contribution in [0.5, 0.6) is 17.2 Å². The van der Waals surface area contributed by atoms with Crippen LogP contribution in [0.1, 0.15) is 6.92 Å². The van der Waals surface area contributed by atoms with Gasteiger partial charge in [0, 0.05) is 22.4 Å². The van der Waals surface area contributed by atoms with Gasteiger partial charge in [-0.1, -0.05) is 60.6 Å². The van der Waals surface area contributed by atoms with Crippen LogP contribution in [0.4, 0.5) is 0 Å². The molecular weight excluding hydrogens is 404 g/mol. The summed E-state index contributed by atoms with van der Waals surface area (Å²) in [5.74, 6) is 1.51. The standard InChI is InChI=1S/C24H23ClO5/c1-17(2)24(26)30-15-14-29-23-20-11-7-6-10-19(20)22(16-21(23)25)28-13-12-27-18-8-4-3-5-9-18/h3-11,16H,1,12-15H2,2H3. The third-order valence-corrected chi connectivity index (χ3v) is 4.46. The molecule has 0 aromatic heterocycles. The molecule has 0 aliphatic rings. The van der Waals surface area contributed by atoms with Crippen molar-refractivity contribution in [3.8, 4) is 17.2 Å². The van der Waals surface area contributed by atoms with Crippen molar-refractivity contribution in [2.24, 2.45) is 0 Å². The van der Waals surface area contributed by atoms with E-state index in [0.717, 1.165) is 16.5 Å². The summed E-state index contributed by atoms with van der Waals surface area (Å²) in [4.78, 5) is 11.5. The van der Waals surface area contributed by atoms with E-state index in [0.29, 0.717) is 35.3 Å². The van der Waals surface area contributed by atoms with E-state index in [1.165, 1.54) is 0 Å². The van der Waals surface area contributed by atoms with Crippen molar-refractivity contribution in [3.63, 3.8) is 0 Å². The van der Waals surface area contributed by atoms with Crippen molar-refractivity contribution in [1.82, 2.24) is 0 Å². The Morgan fingerprint density at radius 2 is 1.50 bits per heavy atom. The van der Waals surface area contributed by atoms with Gasteiger partial charge in [0.05, 0.1) is 5.02 Å². The lowest BCUT2D eigenvalue weighted by Gasteiger charge is -2.15. The second kappa shape index (κ2) is 10.6. The van der Waals surface area contributed by atoms with Gasteiger partial charge >= 0.3 is 5.97 Å². The third kappa shape index (κ3) is 5.67. The fraction of sp³-hybridized carbons (Fsp3) is 0.208. The van der Waals surface area contributed by atoms with Crippen LogP contribution in [0.3, 0.4) is 0 Å². The molecule has 0 saturated carbocycles. The molecule has 0 unspecified atom stereocenters. The smallest absolute Gasteiger partial charge is 0.333 e. The normalized spacial score (nSPS) is 10.5. The van der Waals surface area contributed by atoms with E-state index in [9.17, 15) is 4.79 Å². The minimum Gasteiger partial charge on any atom is -0.490 e. The molecule has 3 aromatic carbocycles. The Morgan fingerprint density at radius 3 is 2.23 bits per heavy atom. The van der Waals surface area contributed by atoms with E-state index in [-0.39, 0.29) is 13.2 Å². The number of hydrogen-bond acceptors (Lipinski definition) is 5. The number of carbonyl (C=O) groups excluding carboxylic acids is 1. The molecule has 5 nitrogen and oxygen atoms in total. The average molecular weight is 427 g/mol. The molecule has 0 bridgehead atoms. The molecule has 156 valence electrons. The van der Waals surface area contributed by atoms with Crippen molar-refractivity contribution in [3.05, 3.63) is 77.8 Å². The van der Waals surface area contributed by atoms with Gasteiger partial charge in [-0.15, -0.1) is 0 Å². The zero-order chi connectivity index (χ0) is 21.3. The van der Waals surface area contributed by atoms with Crippen LogP contribution >= 0.6 is 11.6 Å². The number of esters is 1. The molecule has 0 aliphatic heterocycles. The summed E-state index contributed by atoms with van der Waals surface area (Å²) >= 11 is 6.45. The number of halogens is 1. The number of hydrogen-bond donors (Lipinski definition) is 0. The van der Waals surface area contributed by atoms with E-state index >= 15 is 0 Å². The number of fused-ring (bicyclic) bond motifs is 1. The van der Waals surface area contributed by atoms with Crippen LogP contribution in [-0.4, -0.2) is 32.4 Å². The van der Waals surface area contributed by atoms with E-state index in [1.54, 1.807) is 13.0 Å². The van der Waals surface area contributed by atoms with Gasteiger partial charge in [0.1, 0.15) is 43.7 Å². The Balaban J connectivity index is 1.64. The first-order valence-electron chi connectivity index (χ1n) is 9.53. The van der Waals surface area contributed by atoms with Gasteiger partial charge in [-0.2, -0.15) is 0 Å². The Hall–Kier alpha value is -3.18. The van der Waals surface area contributed by atoms with Crippen LogP contribution < -0.4 is 14.2 Å². The van der Waals surface area contributed by atoms with Gasteiger partial charge in [-0.3, -0.25) is 0 Å². The first kappa shape index (κ1) is 21.5. The Labute approximate surface area is 180 Å². The molecule has 6 heteroatoms. The molecule has 0 fully saturated rings. The molecular formula is C24H23ClO5. The molecule has 30 heavy (non-hydrogen) atoms. The molecule has 0 radical (unpaired) electrons. The van der Waals surface area contributed by atoms with Crippen molar-refractivity contribution in [1.29, 1.82) is 0 Å². The van der Waals surface area contributed by atoms with Crippen molar-refractivity contribution >= 4 is 28.3 Å². The Bertz CT molecular complexity index is 1020. The van der Waals surface area contributed by atoms with Crippen LogP contribution in [0, 0.1) is 0 Å². The number of carbonyl (C=O) groups is 1. The van der Waals surface area contributed by atoms with Gasteiger partial charge in [-0.05, 0) is 19.1 Å². The predicted molar refractivity (Wildman–Crippen MR) is 118 cm³/mol. The number of rotatable bonds is 10. The molecule has 0 saturated heterocycles. The van der Waals surface area contributed by atoms with Crippen molar-refractivity contribution in [2.75, 3.05) is 26.4 Å². The van der Waals surface area contributed by atoms with Crippen LogP contribution in [0.25, 0.3) is 10.8 Å². The van der Waals surface area contributed by atoms with Crippen LogP contribution in [0.2, 0.25) is 5.02 Å². The van der Waals surface area contributed by atoms with Crippen molar-refractivity contribution < 1.29 is 23.7 Å². The molecule has 0 aliphatic carbocycles. The van der Waals surface area contributed by atoms with Gasteiger partial charge < -0.3 is 18.9 Å². The minimum atomic E-state index is -0.448. The highest BCUT2D eigenvalue weighted by atomic mass is 35.5. The Morgan fingerprint density at radius 1 is 0.867 bits per heavy atom. The molecule has 0 heterocycles. The van der Waals surface area contributed by atoms with Crippen LogP contribution in [-0.2, 0) is 9.53 Å². The summed E-state index contributed by atoms with van der Waals surface area (Å²) in [6.45, 7) is 6.19. The summed E-state index contributed by atoms with van der Waals surface area (Å²) in [6, 6.07) is 18.9. The maximum Gasteiger partial charge on any atom is 0.333 e. The van der Waals surface area contributed by atoms with E-state index in [2.05, 4.69) is 6.58 Å². The lowest BCUT2D eigenvalue weighted by atomic mass is 10.1. The monoisotopic (exact) mass is 426 g/mol. The summed E-state index contributed by atoms with van der Waals surface area (Å²) in [5, 5.41) is 2.10. The first-order valence-corrected chi connectivity index (χ1v) is 9.91. The average Bonchev–Trinajstić information content (AvgIpc) is 2.76. The molecule has 0 N–H and O–H groups in total. The highest BCUT2D eigenvalue weighted by molar-refractivity contribution is 6.33. The SMILES string of the molecule is C=C(C)C(=O)OCCOc1c(Cl)cc(OCCOc2ccccc2)c2ccccc12. The van der Waals surface area contributed by atoms with Crippen LogP contribution in [0.15, 0.2) is 72.8 Å². The zero-order valence-corrected chi connectivity index (χ0v) is 17.5. The number of ether oxygens (including phenoxy) is 4. The zero-order valence-electron chi connectivity index (χ0n) is 16.7. The lowest BCUT2D eigenvalue weighted by Crippen LogP contribution is -2.13. The lowest BCUT2D eigenvalue weighted by molar-refractivity contribution is -0.139. The molecule has 3 aromatic rings. The highest BCUT2D eigenvalue weighted by Gasteiger charge is 2.13. The van der Waals surface area contributed by atoms with Gasteiger partial charge in [0.2, 0.25) is 0 Å². The summed E-state index contributed by atoms with van der Waals surface area (Å²) in [7, 11) is 0. The maximum atomic E-state index is 11.5. The Kier molecular flexibility index (Phi) is 7.57. The fourth-order valence-corrected chi connectivity index (χ4v) is 3.03. The second-order valence-electron chi connectivity index (χ2n) is 6.51. The largest absolute Gasteiger partial charge is 0.490 e. The predicted octanol–water partition coefficient (Wildman–Crippen LogP) is 5.45. The van der Waals surface area contributed by atoms with Gasteiger partial charge in [0.25, 0.3) is 0 Å². The third-order valence-electron chi connectivity index (χ3n) is 4.18. The van der Waals surface area contributed by atoms with E-state index < -0.39 is 5.97 Å². The quantitative estimate of drug-likeness (QED) is 0.245. The molecule has 0 spiro atoms. The van der Waals surface area contributed by atoms with E-state index in [4.69, 9.17) is 30.5 Å². The first-order chi connectivity index (χ1) is 14.6. The second-order valence-corrected chi connectivity index (χ2v) is 6.91. The fourth-order valence-electron chi connectivity index (χ4n) is 2.78. The summed E-state index contributed by atoms with van der Waals surface area (Å²) < 4.78 is 22.4. The molecule has 0 amide bonds. The van der Waals surface area contributed by atoms with Gasteiger partial charge in [-0.25, -0.2) is 4.79 Å². The molecule has 0 atom stereocenters. The maximum absolute atomic E-state index is 11.5. The van der Waals surface area contributed by atoms with Crippen molar-refractivity contribution in [2.45, 2.75) is 6.92 Å². The summed E-state index contributed by atoms with van der Waals surface area (Å²) in [5.41, 5.74) is 0.344.